The van der Waals surface area contributed by atoms with E-state index in [1.54, 1.807) is 12.1 Å². The molecule has 0 aliphatic rings. The Morgan fingerprint density at radius 2 is 1.36 bits per heavy atom. The molecule has 0 atom stereocenters. The second-order valence-corrected chi connectivity index (χ2v) is 8.44. The van der Waals surface area contributed by atoms with Gasteiger partial charge in [-0.2, -0.15) is 0 Å². The summed E-state index contributed by atoms with van der Waals surface area (Å²) in [7, 11) is -3.56. The zero-order chi connectivity index (χ0) is 16.5. The Balaban J connectivity index is 2.30. The quantitative estimate of drug-likeness (QED) is 0.912. The lowest BCUT2D eigenvalue weighted by Gasteiger charge is -2.19. The van der Waals surface area contributed by atoms with Gasteiger partial charge in [-0.25, -0.2) is 8.42 Å². The van der Waals surface area contributed by atoms with Gasteiger partial charge < -0.3 is 0 Å². The van der Waals surface area contributed by atoms with Gasteiger partial charge in [0.1, 0.15) is 0 Å². The summed E-state index contributed by atoms with van der Waals surface area (Å²) in [5.41, 5.74) is 3.76. The van der Waals surface area contributed by atoms with Crippen molar-refractivity contribution >= 4 is 15.7 Å². The van der Waals surface area contributed by atoms with Crippen LogP contribution in [0.5, 0.6) is 0 Å². The molecule has 118 valence electrons. The van der Waals surface area contributed by atoms with Crippen LogP contribution in [0.3, 0.4) is 0 Å². The van der Waals surface area contributed by atoms with E-state index in [9.17, 15) is 8.42 Å². The summed E-state index contributed by atoms with van der Waals surface area (Å²) in [4.78, 5) is 0.277. The summed E-state index contributed by atoms with van der Waals surface area (Å²) in [5, 5.41) is 0. The van der Waals surface area contributed by atoms with Crippen LogP contribution in [0.25, 0.3) is 0 Å². The number of hydrogen-bond donors (Lipinski definition) is 1. The van der Waals surface area contributed by atoms with Gasteiger partial charge in [0.2, 0.25) is 0 Å². The molecule has 0 aliphatic carbocycles. The average Bonchev–Trinajstić information content (AvgIpc) is 2.36. The van der Waals surface area contributed by atoms with Crippen LogP contribution >= 0.6 is 0 Å². The van der Waals surface area contributed by atoms with Crippen molar-refractivity contribution < 1.29 is 8.42 Å². The molecule has 0 bridgehead atoms. The van der Waals surface area contributed by atoms with Crippen molar-refractivity contribution in [3.63, 3.8) is 0 Å². The maximum atomic E-state index is 12.5. The van der Waals surface area contributed by atoms with E-state index in [-0.39, 0.29) is 10.3 Å². The van der Waals surface area contributed by atoms with Crippen molar-refractivity contribution in [3.8, 4) is 0 Å². The summed E-state index contributed by atoms with van der Waals surface area (Å²) in [6, 6.07) is 12.7. The molecular formula is C18H23NO2S. The number of aryl methyl sites for hydroxylation is 2. The lowest BCUT2D eigenvalue weighted by Crippen LogP contribution is -2.15. The zero-order valence-electron chi connectivity index (χ0n) is 13.8. The summed E-state index contributed by atoms with van der Waals surface area (Å²) in [6.07, 6.45) is 0. The minimum absolute atomic E-state index is 0.00335. The number of hydrogen-bond acceptors (Lipinski definition) is 2. The third kappa shape index (κ3) is 3.89. The number of benzene rings is 2. The molecule has 2 rings (SSSR count). The van der Waals surface area contributed by atoms with E-state index in [2.05, 4.69) is 25.5 Å². The van der Waals surface area contributed by atoms with E-state index in [4.69, 9.17) is 0 Å². The molecule has 0 unspecified atom stereocenters. The van der Waals surface area contributed by atoms with Crippen LogP contribution in [0, 0.1) is 13.8 Å². The summed E-state index contributed by atoms with van der Waals surface area (Å²) >= 11 is 0. The molecule has 0 aliphatic heterocycles. The lowest BCUT2D eigenvalue weighted by molar-refractivity contribution is 0.587. The third-order valence-corrected chi connectivity index (χ3v) is 4.90. The minimum atomic E-state index is -3.56. The predicted octanol–water partition coefficient (Wildman–Crippen LogP) is 4.40. The molecule has 0 spiro atoms. The third-order valence-electron chi connectivity index (χ3n) is 3.50. The second-order valence-electron chi connectivity index (χ2n) is 6.76. The van der Waals surface area contributed by atoms with Gasteiger partial charge in [0.25, 0.3) is 10.0 Å². The molecule has 22 heavy (non-hydrogen) atoms. The monoisotopic (exact) mass is 317 g/mol. The van der Waals surface area contributed by atoms with Crippen molar-refractivity contribution in [2.75, 3.05) is 4.72 Å². The van der Waals surface area contributed by atoms with E-state index in [0.717, 1.165) is 16.7 Å². The van der Waals surface area contributed by atoms with Gasteiger partial charge in [-0.15, -0.1) is 0 Å². The normalized spacial score (nSPS) is 12.2. The van der Waals surface area contributed by atoms with Crippen LogP contribution in [0.15, 0.2) is 47.4 Å². The Hall–Kier alpha value is -1.81. The molecular weight excluding hydrogens is 294 g/mol. The summed E-state index contributed by atoms with van der Waals surface area (Å²) < 4.78 is 27.6. The van der Waals surface area contributed by atoms with E-state index in [1.165, 1.54) is 0 Å². The smallest absolute Gasteiger partial charge is 0.261 e. The Kier molecular flexibility index (Phi) is 4.34. The lowest BCUT2D eigenvalue weighted by atomic mass is 9.87. The van der Waals surface area contributed by atoms with Gasteiger partial charge >= 0.3 is 0 Å². The van der Waals surface area contributed by atoms with Crippen molar-refractivity contribution in [3.05, 3.63) is 59.2 Å². The number of sulfonamides is 1. The Morgan fingerprint density at radius 3 is 1.82 bits per heavy atom. The van der Waals surface area contributed by atoms with Crippen molar-refractivity contribution in [2.24, 2.45) is 0 Å². The van der Waals surface area contributed by atoms with Crippen LogP contribution in [0.4, 0.5) is 5.69 Å². The topological polar surface area (TPSA) is 46.2 Å². The molecule has 0 saturated carbocycles. The first-order valence-electron chi connectivity index (χ1n) is 7.29. The Bertz CT molecular complexity index is 749. The van der Waals surface area contributed by atoms with Crippen molar-refractivity contribution in [2.45, 2.75) is 44.9 Å². The van der Waals surface area contributed by atoms with Gasteiger partial charge in [0.15, 0.2) is 0 Å². The first kappa shape index (κ1) is 16.6. The van der Waals surface area contributed by atoms with Crippen molar-refractivity contribution in [1.29, 1.82) is 0 Å². The van der Waals surface area contributed by atoms with Gasteiger partial charge in [-0.1, -0.05) is 39.0 Å². The van der Waals surface area contributed by atoms with Crippen LogP contribution in [0.2, 0.25) is 0 Å². The fourth-order valence-corrected chi connectivity index (χ4v) is 3.42. The van der Waals surface area contributed by atoms with E-state index < -0.39 is 10.0 Å². The van der Waals surface area contributed by atoms with Gasteiger partial charge in [-0.05, 0) is 60.2 Å². The first-order valence-corrected chi connectivity index (χ1v) is 8.78. The summed E-state index contributed by atoms with van der Waals surface area (Å²) in [6.45, 7) is 10.2. The van der Waals surface area contributed by atoms with E-state index >= 15 is 0 Å². The van der Waals surface area contributed by atoms with Crippen LogP contribution in [0.1, 0.15) is 37.5 Å². The van der Waals surface area contributed by atoms with Gasteiger partial charge in [0, 0.05) is 5.69 Å². The number of anilines is 1. The molecule has 4 heteroatoms. The Morgan fingerprint density at radius 1 is 0.864 bits per heavy atom. The average molecular weight is 317 g/mol. The highest BCUT2D eigenvalue weighted by molar-refractivity contribution is 7.92. The minimum Gasteiger partial charge on any atom is -0.280 e. The highest BCUT2D eigenvalue weighted by atomic mass is 32.2. The predicted molar refractivity (Wildman–Crippen MR) is 91.9 cm³/mol. The van der Waals surface area contributed by atoms with Crippen LogP contribution in [-0.4, -0.2) is 8.42 Å². The fraction of sp³-hybridized carbons (Fsp3) is 0.333. The number of rotatable bonds is 3. The second kappa shape index (κ2) is 5.76. The zero-order valence-corrected chi connectivity index (χ0v) is 14.6. The molecule has 2 aromatic rings. The fourth-order valence-electron chi connectivity index (χ4n) is 2.38. The molecule has 3 nitrogen and oxygen atoms in total. The van der Waals surface area contributed by atoms with E-state index in [1.807, 2.05) is 44.2 Å². The van der Waals surface area contributed by atoms with Crippen molar-refractivity contribution in [1.82, 2.24) is 0 Å². The number of nitrogens with one attached hydrogen (secondary N) is 1. The van der Waals surface area contributed by atoms with Gasteiger partial charge in [0.05, 0.1) is 4.90 Å². The Labute approximate surface area is 133 Å². The first-order chi connectivity index (χ1) is 10.1. The maximum Gasteiger partial charge on any atom is 0.261 e. The highest BCUT2D eigenvalue weighted by Crippen LogP contribution is 2.24. The summed E-state index contributed by atoms with van der Waals surface area (Å²) in [5.74, 6) is 0. The molecule has 0 radical (unpaired) electrons. The molecule has 0 aromatic heterocycles. The SMILES string of the molecule is Cc1cc(C)cc(NS(=O)(=O)c2ccc(C(C)(C)C)cc2)c1. The standard InChI is InChI=1S/C18H23NO2S/c1-13-10-14(2)12-16(11-13)19-22(20,21)17-8-6-15(7-9-17)18(3,4)5/h6-12,19H,1-5H3. The largest absolute Gasteiger partial charge is 0.280 e. The molecule has 0 heterocycles. The van der Waals surface area contributed by atoms with Crippen LogP contribution < -0.4 is 4.72 Å². The van der Waals surface area contributed by atoms with E-state index in [0.29, 0.717) is 5.69 Å². The highest BCUT2D eigenvalue weighted by Gasteiger charge is 2.17. The van der Waals surface area contributed by atoms with Gasteiger partial charge in [-0.3, -0.25) is 4.72 Å². The molecule has 2 aromatic carbocycles. The maximum absolute atomic E-state index is 12.5. The molecule has 0 fully saturated rings. The molecule has 0 saturated heterocycles. The molecule has 1 N–H and O–H groups in total. The molecule has 0 amide bonds. The van der Waals surface area contributed by atoms with Crippen LogP contribution in [-0.2, 0) is 15.4 Å².